The van der Waals surface area contributed by atoms with Gasteiger partial charge in [-0.2, -0.15) is 5.06 Å². The minimum Gasteiger partial charge on any atom is -0.271 e. The van der Waals surface area contributed by atoms with Crippen LogP contribution in [0.3, 0.4) is 0 Å². The number of hydrogen-bond donors (Lipinski definition) is 0. The zero-order valence-electron chi connectivity index (χ0n) is 9.63. The van der Waals surface area contributed by atoms with Gasteiger partial charge in [-0.3, -0.25) is 9.63 Å². The molecular formula is C12H14N2O2S. The van der Waals surface area contributed by atoms with Gasteiger partial charge >= 0.3 is 0 Å². The van der Waals surface area contributed by atoms with Crippen molar-refractivity contribution in [3.63, 3.8) is 0 Å². The fourth-order valence-electron chi connectivity index (χ4n) is 1.35. The summed E-state index contributed by atoms with van der Waals surface area (Å²) in [7, 11) is 0. The van der Waals surface area contributed by atoms with Gasteiger partial charge in [-0.1, -0.05) is 36.9 Å². The molecule has 1 aliphatic rings. The van der Waals surface area contributed by atoms with E-state index in [2.05, 4.69) is 4.99 Å². The van der Waals surface area contributed by atoms with E-state index < -0.39 is 0 Å². The van der Waals surface area contributed by atoms with E-state index >= 15 is 0 Å². The quantitative estimate of drug-likeness (QED) is 0.824. The molecule has 4 nitrogen and oxygen atoms in total. The van der Waals surface area contributed by atoms with Gasteiger partial charge in [-0.25, -0.2) is 4.99 Å². The van der Waals surface area contributed by atoms with E-state index in [9.17, 15) is 4.79 Å². The number of hydrogen-bond acceptors (Lipinski definition) is 4. The smallest absolute Gasteiger partial charge is 0.263 e. The van der Waals surface area contributed by atoms with Crippen LogP contribution in [0.25, 0.3) is 0 Å². The maximum atomic E-state index is 11.6. The number of aliphatic imine (C=N–C) groups is 1. The average Bonchev–Trinajstić information content (AvgIpc) is 2.69. The molecule has 1 amide bonds. The number of thioether (sulfide) groups is 1. The molecule has 1 fully saturated rings. The van der Waals surface area contributed by atoms with Crippen molar-refractivity contribution in [2.24, 2.45) is 4.99 Å². The van der Waals surface area contributed by atoms with Gasteiger partial charge in [0.1, 0.15) is 0 Å². The van der Waals surface area contributed by atoms with Gasteiger partial charge in [-0.15, -0.1) is 0 Å². The normalized spacial score (nSPS) is 18.1. The Bertz CT molecular complexity index is 420. The monoisotopic (exact) mass is 250 g/mol. The van der Waals surface area contributed by atoms with Crippen LogP contribution in [0, 0.1) is 0 Å². The second kappa shape index (κ2) is 5.84. The summed E-state index contributed by atoms with van der Waals surface area (Å²) in [4.78, 5) is 21.4. The topological polar surface area (TPSA) is 41.9 Å². The fraction of sp³-hybridized carbons (Fsp3) is 0.333. The van der Waals surface area contributed by atoms with Gasteiger partial charge in [0.2, 0.25) is 0 Å². The molecule has 1 aromatic carbocycles. The van der Waals surface area contributed by atoms with Crippen LogP contribution < -0.4 is 0 Å². The largest absolute Gasteiger partial charge is 0.271 e. The highest BCUT2D eigenvalue weighted by atomic mass is 32.2. The molecule has 0 atom stereocenters. The molecule has 0 aromatic heterocycles. The number of nitrogens with zero attached hydrogens (tertiary/aromatic N) is 2. The molecule has 0 N–H and O–H groups in total. The number of amidine groups is 1. The Kier molecular flexibility index (Phi) is 4.17. The summed E-state index contributed by atoms with van der Waals surface area (Å²) in [5, 5.41) is 1.93. The van der Waals surface area contributed by atoms with Crippen molar-refractivity contribution >= 4 is 28.5 Å². The molecule has 90 valence electrons. The first-order chi connectivity index (χ1) is 8.31. The van der Waals surface area contributed by atoms with Crippen molar-refractivity contribution in [1.82, 2.24) is 5.06 Å². The van der Waals surface area contributed by atoms with E-state index in [0.717, 1.165) is 12.1 Å². The van der Waals surface area contributed by atoms with Crippen molar-refractivity contribution < 1.29 is 9.63 Å². The number of para-hydroxylation sites is 1. The number of benzene rings is 1. The molecule has 5 heteroatoms. The van der Waals surface area contributed by atoms with E-state index in [1.807, 2.05) is 37.3 Å². The van der Waals surface area contributed by atoms with Crippen LogP contribution in [0.5, 0.6) is 0 Å². The third-order valence-electron chi connectivity index (χ3n) is 2.13. The number of rotatable bonds is 4. The highest BCUT2D eigenvalue weighted by molar-refractivity contribution is 8.15. The summed E-state index contributed by atoms with van der Waals surface area (Å²) in [6.45, 7) is 2.53. The van der Waals surface area contributed by atoms with Crippen LogP contribution in [-0.4, -0.2) is 28.5 Å². The Morgan fingerprint density at radius 2 is 2.18 bits per heavy atom. The lowest BCUT2D eigenvalue weighted by atomic mass is 10.3. The maximum absolute atomic E-state index is 11.6. The molecule has 0 bridgehead atoms. The molecule has 0 unspecified atom stereocenters. The van der Waals surface area contributed by atoms with E-state index in [1.165, 1.54) is 16.8 Å². The van der Waals surface area contributed by atoms with Crippen LogP contribution in [0.15, 0.2) is 35.3 Å². The zero-order valence-corrected chi connectivity index (χ0v) is 10.4. The van der Waals surface area contributed by atoms with Crippen LogP contribution in [0.2, 0.25) is 0 Å². The fourth-order valence-corrected chi connectivity index (χ4v) is 2.16. The first-order valence-electron chi connectivity index (χ1n) is 5.53. The number of hydroxylamine groups is 2. The number of carbonyl (C=O) groups is 1. The van der Waals surface area contributed by atoms with Crippen LogP contribution in [0.1, 0.15) is 13.3 Å². The molecule has 2 rings (SSSR count). The van der Waals surface area contributed by atoms with E-state index in [-0.39, 0.29) is 5.91 Å². The van der Waals surface area contributed by atoms with Crippen molar-refractivity contribution in [1.29, 1.82) is 0 Å². The van der Waals surface area contributed by atoms with Crippen molar-refractivity contribution in [3.8, 4) is 0 Å². The minimum atomic E-state index is -0.0434. The van der Waals surface area contributed by atoms with Gasteiger partial charge < -0.3 is 0 Å². The lowest BCUT2D eigenvalue weighted by Gasteiger charge is -2.14. The summed E-state index contributed by atoms with van der Waals surface area (Å²) in [5.74, 6) is 0.355. The molecule has 0 spiro atoms. The van der Waals surface area contributed by atoms with Gasteiger partial charge in [0, 0.05) is 0 Å². The molecule has 1 saturated heterocycles. The standard InChI is InChI=1S/C12H14N2O2S/c1-2-8-16-14-11(15)9-17-12(14)13-10-6-4-3-5-7-10/h3-7H,2,8-9H2,1H3. The van der Waals surface area contributed by atoms with Crippen LogP contribution in [-0.2, 0) is 9.63 Å². The molecule has 1 aromatic rings. The van der Waals surface area contributed by atoms with Crippen molar-refractivity contribution in [2.45, 2.75) is 13.3 Å². The van der Waals surface area contributed by atoms with Gasteiger partial charge in [0.15, 0.2) is 5.17 Å². The van der Waals surface area contributed by atoms with Crippen molar-refractivity contribution in [2.75, 3.05) is 12.4 Å². The molecular weight excluding hydrogens is 236 g/mol. The Balaban J connectivity index is 2.14. The molecule has 0 saturated carbocycles. The highest BCUT2D eigenvalue weighted by Gasteiger charge is 2.29. The Labute approximate surface area is 105 Å². The lowest BCUT2D eigenvalue weighted by Crippen LogP contribution is -2.30. The average molecular weight is 250 g/mol. The number of carbonyl (C=O) groups excluding carboxylic acids is 1. The molecule has 1 aliphatic heterocycles. The maximum Gasteiger partial charge on any atom is 0.263 e. The lowest BCUT2D eigenvalue weighted by molar-refractivity contribution is -0.158. The third-order valence-corrected chi connectivity index (χ3v) is 3.04. The third kappa shape index (κ3) is 3.08. The summed E-state index contributed by atoms with van der Waals surface area (Å²) >= 11 is 1.41. The Morgan fingerprint density at radius 1 is 1.41 bits per heavy atom. The van der Waals surface area contributed by atoms with Crippen LogP contribution in [0.4, 0.5) is 5.69 Å². The van der Waals surface area contributed by atoms with E-state index in [1.54, 1.807) is 0 Å². The second-order valence-corrected chi connectivity index (χ2v) is 4.48. The second-order valence-electron chi connectivity index (χ2n) is 3.54. The molecule has 0 radical (unpaired) electrons. The van der Waals surface area contributed by atoms with Crippen molar-refractivity contribution in [3.05, 3.63) is 30.3 Å². The SMILES string of the molecule is CCCON1C(=O)CSC1=Nc1ccccc1. The predicted octanol–water partition coefficient (Wildman–Crippen LogP) is 2.59. The summed E-state index contributed by atoms with van der Waals surface area (Å²) < 4.78 is 0. The highest BCUT2D eigenvalue weighted by Crippen LogP contribution is 2.23. The van der Waals surface area contributed by atoms with Gasteiger partial charge in [0.05, 0.1) is 18.0 Å². The summed E-state index contributed by atoms with van der Waals surface area (Å²) in [6, 6.07) is 9.56. The Morgan fingerprint density at radius 3 is 2.88 bits per heavy atom. The zero-order chi connectivity index (χ0) is 12.1. The molecule has 1 heterocycles. The molecule has 17 heavy (non-hydrogen) atoms. The van der Waals surface area contributed by atoms with Crippen LogP contribution >= 0.6 is 11.8 Å². The minimum absolute atomic E-state index is 0.0434. The first kappa shape index (κ1) is 12.1. The van der Waals surface area contributed by atoms with Gasteiger partial charge in [-0.05, 0) is 18.6 Å². The van der Waals surface area contributed by atoms with E-state index in [4.69, 9.17) is 4.84 Å². The predicted molar refractivity (Wildman–Crippen MR) is 69.1 cm³/mol. The summed E-state index contributed by atoms with van der Waals surface area (Å²) in [5.41, 5.74) is 0.829. The summed E-state index contributed by atoms with van der Waals surface area (Å²) in [6.07, 6.45) is 0.868. The van der Waals surface area contributed by atoms with E-state index in [0.29, 0.717) is 17.5 Å². The Hall–Kier alpha value is -1.33. The molecule has 0 aliphatic carbocycles. The number of amides is 1. The first-order valence-corrected chi connectivity index (χ1v) is 6.52. The van der Waals surface area contributed by atoms with Gasteiger partial charge in [0.25, 0.3) is 5.91 Å².